The highest BCUT2D eigenvalue weighted by molar-refractivity contribution is 9.10. The first-order valence-corrected chi connectivity index (χ1v) is 8.50. The predicted molar refractivity (Wildman–Crippen MR) is 82.3 cm³/mol. The maximum atomic E-state index is 12.4. The number of halogens is 1. The molecule has 0 aliphatic rings. The Hall–Kier alpha value is -1.45. The van der Waals surface area contributed by atoms with Crippen molar-refractivity contribution in [3.05, 3.63) is 27.7 Å². The molecule has 1 aromatic rings. The van der Waals surface area contributed by atoms with Gasteiger partial charge in [-0.1, -0.05) is 15.9 Å². The fraction of sp³-hybridized carbons (Fsp3) is 0.385. The SMILES string of the molecule is CCOC(=O)c1cc(S(=O)(=O)N(C)CC(=O)O)cc(Br)c1C. The molecule has 0 fully saturated rings. The van der Waals surface area contributed by atoms with E-state index >= 15 is 0 Å². The number of nitrogens with zero attached hydrogens (tertiary/aromatic N) is 1. The smallest absolute Gasteiger partial charge is 0.338 e. The lowest BCUT2D eigenvalue weighted by molar-refractivity contribution is -0.137. The lowest BCUT2D eigenvalue weighted by Crippen LogP contribution is -2.32. The fourth-order valence-electron chi connectivity index (χ4n) is 1.68. The standard InChI is InChI=1S/C13H16BrNO6S/c1-4-21-13(18)10-5-9(6-11(14)8(10)2)22(19,20)15(3)7-12(16)17/h5-6H,4,7H2,1-3H3,(H,16,17). The van der Waals surface area contributed by atoms with Gasteiger partial charge < -0.3 is 9.84 Å². The van der Waals surface area contributed by atoms with Crippen molar-refractivity contribution in [2.45, 2.75) is 18.7 Å². The van der Waals surface area contributed by atoms with Crippen molar-refractivity contribution in [2.75, 3.05) is 20.2 Å². The van der Waals surface area contributed by atoms with Gasteiger partial charge in [0.2, 0.25) is 10.0 Å². The summed E-state index contributed by atoms with van der Waals surface area (Å²) in [5.41, 5.74) is 0.650. The number of ether oxygens (including phenoxy) is 1. The van der Waals surface area contributed by atoms with E-state index in [1.54, 1.807) is 13.8 Å². The van der Waals surface area contributed by atoms with Crippen LogP contribution in [0.3, 0.4) is 0 Å². The zero-order valence-corrected chi connectivity index (χ0v) is 14.7. The first-order chi connectivity index (χ1) is 10.1. The van der Waals surface area contributed by atoms with Crippen LogP contribution in [0.15, 0.2) is 21.5 Å². The van der Waals surface area contributed by atoms with E-state index in [2.05, 4.69) is 15.9 Å². The van der Waals surface area contributed by atoms with Crippen LogP contribution in [0.1, 0.15) is 22.8 Å². The molecule has 22 heavy (non-hydrogen) atoms. The van der Waals surface area contributed by atoms with E-state index < -0.39 is 28.5 Å². The minimum absolute atomic E-state index is 0.110. The van der Waals surface area contributed by atoms with Crippen molar-refractivity contribution in [3.63, 3.8) is 0 Å². The number of hydrogen-bond donors (Lipinski definition) is 1. The summed E-state index contributed by atoms with van der Waals surface area (Å²) in [6, 6.07) is 2.51. The number of carbonyl (C=O) groups excluding carboxylic acids is 1. The third-order valence-electron chi connectivity index (χ3n) is 2.88. The van der Waals surface area contributed by atoms with Crippen LogP contribution in [0.4, 0.5) is 0 Å². The highest BCUT2D eigenvalue weighted by Crippen LogP contribution is 2.27. The molecule has 1 rings (SSSR count). The van der Waals surface area contributed by atoms with Gasteiger partial charge in [0.25, 0.3) is 0 Å². The maximum absolute atomic E-state index is 12.4. The number of aliphatic carboxylic acids is 1. The molecule has 0 bridgehead atoms. The van der Waals surface area contributed by atoms with Gasteiger partial charge in [0, 0.05) is 11.5 Å². The first-order valence-electron chi connectivity index (χ1n) is 6.26. The van der Waals surface area contributed by atoms with Gasteiger partial charge in [0.15, 0.2) is 0 Å². The largest absolute Gasteiger partial charge is 0.480 e. The van der Waals surface area contributed by atoms with E-state index in [0.717, 1.165) is 7.05 Å². The molecule has 0 unspecified atom stereocenters. The van der Waals surface area contributed by atoms with Crippen LogP contribution in [0, 0.1) is 6.92 Å². The van der Waals surface area contributed by atoms with Gasteiger partial charge in [-0.25, -0.2) is 13.2 Å². The predicted octanol–water partition coefficient (Wildman–Crippen LogP) is 1.64. The van der Waals surface area contributed by atoms with Crippen molar-refractivity contribution >= 4 is 37.9 Å². The molecule has 0 radical (unpaired) electrons. The Morgan fingerprint density at radius 1 is 1.36 bits per heavy atom. The molecule has 9 heteroatoms. The normalized spacial score (nSPS) is 11.5. The van der Waals surface area contributed by atoms with Gasteiger partial charge in [-0.15, -0.1) is 0 Å². The molecular weight excluding hydrogens is 378 g/mol. The molecule has 0 aromatic heterocycles. The fourth-order valence-corrected chi connectivity index (χ4v) is 3.46. The van der Waals surface area contributed by atoms with Crippen molar-refractivity contribution in [1.82, 2.24) is 4.31 Å². The average Bonchev–Trinajstić information content (AvgIpc) is 2.40. The lowest BCUT2D eigenvalue weighted by Gasteiger charge is -2.17. The van der Waals surface area contributed by atoms with Gasteiger partial charge in [-0.3, -0.25) is 4.79 Å². The quantitative estimate of drug-likeness (QED) is 0.737. The van der Waals surface area contributed by atoms with E-state index in [0.29, 0.717) is 14.3 Å². The molecule has 0 heterocycles. The number of hydrogen-bond acceptors (Lipinski definition) is 5. The molecule has 0 saturated heterocycles. The minimum atomic E-state index is -4.03. The van der Waals surface area contributed by atoms with E-state index in [9.17, 15) is 18.0 Å². The van der Waals surface area contributed by atoms with Crippen molar-refractivity contribution in [3.8, 4) is 0 Å². The van der Waals surface area contributed by atoms with Crippen LogP contribution in [-0.2, 0) is 19.6 Å². The summed E-state index contributed by atoms with van der Waals surface area (Å²) >= 11 is 3.20. The molecule has 0 amide bonds. The van der Waals surface area contributed by atoms with Gasteiger partial charge in [-0.05, 0) is 31.5 Å². The summed E-state index contributed by atoms with van der Waals surface area (Å²) in [6.07, 6.45) is 0. The van der Waals surface area contributed by atoms with E-state index in [4.69, 9.17) is 9.84 Å². The molecule has 0 spiro atoms. The number of rotatable bonds is 6. The van der Waals surface area contributed by atoms with Crippen LogP contribution in [0.5, 0.6) is 0 Å². The monoisotopic (exact) mass is 393 g/mol. The number of carbonyl (C=O) groups is 2. The zero-order chi connectivity index (χ0) is 17.1. The van der Waals surface area contributed by atoms with Gasteiger partial charge in [0.1, 0.15) is 6.54 Å². The number of carboxylic acids is 1. The van der Waals surface area contributed by atoms with Gasteiger partial charge >= 0.3 is 11.9 Å². The highest BCUT2D eigenvalue weighted by Gasteiger charge is 2.26. The molecule has 122 valence electrons. The van der Waals surface area contributed by atoms with Crippen molar-refractivity contribution in [2.24, 2.45) is 0 Å². The molecule has 0 atom stereocenters. The Morgan fingerprint density at radius 2 is 1.95 bits per heavy atom. The second-order valence-corrected chi connectivity index (χ2v) is 7.35. The van der Waals surface area contributed by atoms with Crippen LogP contribution in [0.2, 0.25) is 0 Å². The third-order valence-corrected chi connectivity index (χ3v) is 5.48. The van der Waals surface area contributed by atoms with Gasteiger partial charge in [-0.2, -0.15) is 4.31 Å². The van der Waals surface area contributed by atoms with E-state index in [1.165, 1.54) is 12.1 Å². The maximum Gasteiger partial charge on any atom is 0.338 e. The Kier molecular flexibility index (Phi) is 6.09. The average molecular weight is 394 g/mol. The third kappa shape index (κ3) is 4.05. The number of likely N-dealkylation sites (N-methyl/N-ethyl adjacent to an activating group) is 1. The van der Waals surface area contributed by atoms with E-state index in [1.807, 2.05) is 0 Å². The van der Waals surface area contributed by atoms with Crippen LogP contribution in [0.25, 0.3) is 0 Å². The van der Waals surface area contributed by atoms with Crippen LogP contribution < -0.4 is 0 Å². The molecule has 1 N–H and O–H groups in total. The van der Waals surface area contributed by atoms with Crippen molar-refractivity contribution in [1.29, 1.82) is 0 Å². The summed E-state index contributed by atoms with van der Waals surface area (Å²) in [5, 5.41) is 8.72. The topological polar surface area (TPSA) is 101 Å². The zero-order valence-electron chi connectivity index (χ0n) is 12.3. The Balaban J connectivity index is 3.37. The summed E-state index contributed by atoms with van der Waals surface area (Å²) in [7, 11) is -2.88. The Bertz CT molecular complexity index is 701. The number of esters is 1. The molecule has 0 aliphatic heterocycles. The minimum Gasteiger partial charge on any atom is -0.480 e. The second-order valence-electron chi connectivity index (χ2n) is 4.45. The molecular formula is C13H16BrNO6S. The summed E-state index contributed by atoms with van der Waals surface area (Å²) in [5.74, 6) is -1.92. The Morgan fingerprint density at radius 3 is 2.45 bits per heavy atom. The molecule has 1 aromatic carbocycles. The molecule has 0 saturated carbocycles. The number of carboxylic acid groups (broad SMARTS) is 1. The Labute approximate surface area is 137 Å². The second kappa shape index (κ2) is 7.21. The number of sulfonamides is 1. The summed E-state index contributed by atoms with van der Waals surface area (Å²) < 4.78 is 30.7. The van der Waals surface area contributed by atoms with Gasteiger partial charge in [0.05, 0.1) is 17.1 Å². The summed E-state index contributed by atoms with van der Waals surface area (Å²) in [6.45, 7) is 2.77. The molecule has 0 aliphatic carbocycles. The summed E-state index contributed by atoms with van der Waals surface area (Å²) in [4.78, 5) is 22.4. The first kappa shape index (κ1) is 18.6. The number of benzene rings is 1. The van der Waals surface area contributed by atoms with Crippen LogP contribution in [-0.4, -0.2) is 50.0 Å². The van der Waals surface area contributed by atoms with E-state index in [-0.39, 0.29) is 17.1 Å². The molecule has 7 nitrogen and oxygen atoms in total. The highest BCUT2D eigenvalue weighted by atomic mass is 79.9. The lowest BCUT2D eigenvalue weighted by atomic mass is 10.1. The van der Waals surface area contributed by atoms with Crippen LogP contribution >= 0.6 is 15.9 Å². The van der Waals surface area contributed by atoms with Crippen molar-refractivity contribution < 1.29 is 27.9 Å².